The lowest BCUT2D eigenvalue weighted by molar-refractivity contribution is 0.0922. The van der Waals surface area contributed by atoms with Crippen molar-refractivity contribution in [3.8, 4) is 28.7 Å². The molecule has 0 saturated carbocycles. The molecule has 0 spiro atoms. The van der Waals surface area contributed by atoms with E-state index in [9.17, 15) is 19.2 Å². The van der Waals surface area contributed by atoms with E-state index in [1.54, 1.807) is 135 Å². The number of hydrogen-bond acceptors (Lipinski definition) is 10. The van der Waals surface area contributed by atoms with Crippen LogP contribution in [0.1, 0.15) is 60.8 Å². The smallest absolute Gasteiger partial charge is 0.417 e. The van der Waals surface area contributed by atoms with Gasteiger partial charge in [-0.1, -0.05) is 66.7 Å². The Balaban J connectivity index is 1.49. The molecule has 0 aliphatic rings. The van der Waals surface area contributed by atoms with E-state index in [4.69, 9.17) is 27.1 Å². The van der Waals surface area contributed by atoms with Gasteiger partial charge in [0, 0.05) is 5.56 Å². The summed E-state index contributed by atoms with van der Waals surface area (Å²) in [5.41, 5.74) is 0.422. The monoisotopic (exact) mass is 696 g/mol. The molecule has 0 bridgehead atoms. The van der Waals surface area contributed by atoms with Crippen LogP contribution < -0.4 is 22.6 Å². The first-order valence-electron chi connectivity index (χ1n) is 14.8. The third-order valence-corrected chi connectivity index (χ3v) is 9.22. The predicted molar refractivity (Wildman–Crippen MR) is 185 cm³/mol. The molecule has 0 fully saturated rings. The van der Waals surface area contributed by atoms with Crippen LogP contribution >= 0.6 is 17.2 Å². The van der Waals surface area contributed by atoms with Gasteiger partial charge in [-0.2, -0.15) is 0 Å². The lowest BCUT2D eigenvalue weighted by Gasteiger charge is -2.31. The molecule has 0 aliphatic heterocycles. The molecular weight excluding hydrogens is 666 g/mol. The van der Waals surface area contributed by atoms with Gasteiger partial charge in [0.05, 0.1) is 22.3 Å². The van der Waals surface area contributed by atoms with Crippen LogP contribution in [0.4, 0.5) is 0 Å². The summed E-state index contributed by atoms with van der Waals surface area (Å²) in [6, 6.07) is 33.4. The molecule has 5 rings (SSSR count). The molecule has 49 heavy (non-hydrogen) atoms. The largest absolute Gasteiger partial charge is 0.530 e. The maximum absolute atomic E-state index is 11.8. The van der Waals surface area contributed by atoms with E-state index in [1.165, 1.54) is 0 Å². The van der Waals surface area contributed by atoms with Crippen LogP contribution in [0, 0.1) is 0 Å². The van der Waals surface area contributed by atoms with Crippen molar-refractivity contribution in [3.63, 3.8) is 0 Å². The van der Waals surface area contributed by atoms with Crippen molar-refractivity contribution in [2.24, 2.45) is 0 Å². The maximum Gasteiger partial charge on any atom is 0.530 e. The molecule has 0 aromatic heterocycles. The van der Waals surface area contributed by atoms with Gasteiger partial charge in [-0.25, -0.2) is 0 Å². The van der Waals surface area contributed by atoms with E-state index in [2.05, 4.69) is 0 Å². The summed E-state index contributed by atoms with van der Waals surface area (Å²) in [4.78, 5) is 47.1. The second-order valence-electron chi connectivity index (χ2n) is 10.6. The average molecular weight is 697 g/mol. The fraction of sp³-hybridized carbons (Fsp3) is 0.0811. The van der Waals surface area contributed by atoms with Crippen molar-refractivity contribution in [3.05, 3.63) is 149 Å². The highest BCUT2D eigenvalue weighted by Crippen LogP contribution is 2.52. The number of benzene rings is 5. The quantitative estimate of drug-likeness (QED) is 0.0686. The topological polar surface area (TPSA) is 124 Å². The molecule has 0 N–H and O–H groups in total. The van der Waals surface area contributed by atoms with E-state index < -0.39 is 22.8 Å². The Hall–Kier alpha value is -5.40. The molecule has 5 aromatic rings. The Morgan fingerprint density at radius 3 is 1.06 bits per heavy atom. The molecule has 0 heterocycles. The lowest BCUT2D eigenvalue weighted by Crippen LogP contribution is -2.22. The highest BCUT2D eigenvalue weighted by molar-refractivity contribution is 7.43. The van der Waals surface area contributed by atoms with Gasteiger partial charge in [-0.05, 0) is 68.4 Å². The normalized spacial score (nSPS) is 11.0. The summed E-state index contributed by atoms with van der Waals surface area (Å²) in [6.45, 7) is 3.53. The van der Waals surface area contributed by atoms with Crippen LogP contribution in [0.25, 0.3) is 0 Å². The third-order valence-electron chi connectivity index (χ3n) is 6.89. The molecule has 0 unspecified atom stereocenters. The van der Waals surface area contributed by atoms with Gasteiger partial charge in [-0.3, -0.25) is 23.7 Å². The van der Waals surface area contributed by atoms with E-state index in [0.29, 0.717) is 36.5 Å². The summed E-state index contributed by atoms with van der Waals surface area (Å²) in [5.74, 6) is 1.17. The van der Waals surface area contributed by atoms with Crippen LogP contribution in [0.5, 0.6) is 28.7 Å². The Labute approximate surface area is 285 Å². The highest BCUT2D eigenvalue weighted by atomic mass is 31.2. The Bertz CT molecular complexity index is 1820. The van der Waals surface area contributed by atoms with E-state index in [1.807, 2.05) is 0 Å². The minimum Gasteiger partial charge on any atom is -0.417 e. The van der Waals surface area contributed by atoms with Crippen LogP contribution in [-0.2, 0) is 10.1 Å². The summed E-state index contributed by atoms with van der Waals surface area (Å²) >= 11 is 0. The number of rotatable bonds is 17. The van der Waals surface area contributed by atoms with Crippen molar-refractivity contribution in [1.82, 2.24) is 0 Å². The minimum absolute atomic E-state index is 0.216. The Kier molecular flexibility index (Phi) is 11.8. The van der Waals surface area contributed by atoms with Gasteiger partial charge in [0.1, 0.15) is 34.3 Å². The Morgan fingerprint density at radius 2 is 0.694 bits per heavy atom. The highest BCUT2D eigenvalue weighted by Gasteiger charge is 2.35. The van der Waals surface area contributed by atoms with Gasteiger partial charge in [0.15, 0.2) is 25.1 Å². The van der Waals surface area contributed by atoms with Crippen LogP contribution in [0.3, 0.4) is 0 Å². The summed E-state index contributed by atoms with van der Waals surface area (Å²) in [7, 11) is -4.62. The fourth-order valence-electron chi connectivity index (χ4n) is 4.44. The van der Waals surface area contributed by atoms with Crippen molar-refractivity contribution >= 4 is 42.3 Å². The molecule has 0 aliphatic carbocycles. The number of carbonyl (C=O) groups is 4. The zero-order valence-corrected chi connectivity index (χ0v) is 28.1. The molecule has 12 heteroatoms. The van der Waals surface area contributed by atoms with Crippen LogP contribution in [0.2, 0.25) is 0 Å². The van der Waals surface area contributed by atoms with E-state index >= 15 is 0 Å². The summed E-state index contributed by atoms with van der Waals surface area (Å²) < 4.78 is 37.4. The number of para-hydroxylation sites is 5. The van der Waals surface area contributed by atoms with Crippen LogP contribution in [-0.4, -0.2) is 25.1 Å². The van der Waals surface area contributed by atoms with Crippen molar-refractivity contribution in [2.75, 3.05) is 0 Å². The molecule has 248 valence electrons. The fourth-order valence-corrected chi connectivity index (χ4v) is 6.76. The minimum atomic E-state index is -2.32. The Morgan fingerprint density at radius 1 is 0.408 bits per heavy atom. The molecule has 5 aromatic carbocycles. The lowest BCUT2D eigenvalue weighted by atomic mass is 9.98. The van der Waals surface area contributed by atoms with Crippen molar-refractivity contribution in [1.29, 1.82) is 0 Å². The molecule has 0 saturated heterocycles. The van der Waals surface area contributed by atoms with Gasteiger partial charge in [0.25, 0.3) is 0 Å². The number of carbonyl (C=O) groups excluding carboxylic acids is 4. The average Bonchev–Trinajstić information content (AvgIpc) is 3.12. The molecule has 0 radical (unpaired) electrons. The zero-order chi connectivity index (χ0) is 34.6. The van der Waals surface area contributed by atoms with Crippen LogP contribution in [0.15, 0.2) is 121 Å². The molecule has 10 nitrogen and oxygen atoms in total. The molecular formula is C37H30O10P2. The maximum atomic E-state index is 11.8. The number of aldehydes is 4. The van der Waals surface area contributed by atoms with Gasteiger partial charge < -0.3 is 22.6 Å². The van der Waals surface area contributed by atoms with Crippen molar-refractivity contribution < 1.29 is 46.3 Å². The number of hydrogen-bond donors (Lipinski definition) is 0. The van der Waals surface area contributed by atoms with Gasteiger partial charge >= 0.3 is 17.2 Å². The first kappa shape index (κ1) is 34.9. The zero-order valence-electron chi connectivity index (χ0n) is 26.3. The first-order valence-corrected chi connectivity index (χ1v) is 17.0. The first-order chi connectivity index (χ1) is 23.8. The van der Waals surface area contributed by atoms with E-state index in [0.717, 1.165) is 0 Å². The molecule has 0 amide bonds. The standard InChI is InChI=1S/C37H30O10P2/c1-37(2,47-49(44-34-20-10-5-15-29(34)25-40)45-35-21-11-6-16-30(35)26-41)31-17-7-12-22-36(31)46-48(42-32-18-8-3-13-27(32)23-38)43-33-19-9-4-14-28(33)24-39/h3-26H,1-2H3. The third kappa shape index (κ3) is 8.95. The SMILES string of the molecule is CC(C)(OP(Oc1ccccc1C=O)Oc1ccccc1C=O)c1ccccc1OP(Oc1ccccc1C=O)Oc1ccccc1C=O. The summed E-state index contributed by atoms with van der Waals surface area (Å²) in [5, 5.41) is 0. The molecule has 0 atom stereocenters. The van der Waals surface area contributed by atoms with Crippen molar-refractivity contribution in [2.45, 2.75) is 19.4 Å². The summed E-state index contributed by atoms with van der Waals surface area (Å²) in [6.07, 6.45) is 2.62. The second-order valence-corrected chi connectivity index (χ2v) is 12.6. The van der Waals surface area contributed by atoms with Gasteiger partial charge in [0.2, 0.25) is 0 Å². The van der Waals surface area contributed by atoms with Gasteiger partial charge in [-0.15, -0.1) is 0 Å². The second kappa shape index (κ2) is 16.6. The van der Waals surface area contributed by atoms with E-state index in [-0.39, 0.29) is 45.3 Å². The predicted octanol–water partition coefficient (Wildman–Crippen LogP) is 9.34.